The van der Waals surface area contributed by atoms with Gasteiger partial charge in [0.05, 0.1) is 23.5 Å². The zero-order valence-corrected chi connectivity index (χ0v) is 10.5. The van der Waals surface area contributed by atoms with Crippen LogP contribution >= 0.6 is 15.9 Å². The van der Waals surface area contributed by atoms with Crippen LogP contribution in [0.15, 0.2) is 28.9 Å². The number of hydrogen-bond donors (Lipinski definition) is 1. The van der Waals surface area contributed by atoms with E-state index in [1.165, 1.54) is 5.56 Å². The quantitative estimate of drug-likeness (QED) is 0.936. The van der Waals surface area contributed by atoms with Gasteiger partial charge in [-0.2, -0.15) is 15.4 Å². The minimum absolute atomic E-state index is 0.852. The molecular formula is C11H12BrN3O. The molecule has 5 heteroatoms. The van der Waals surface area contributed by atoms with Crippen molar-refractivity contribution in [1.29, 1.82) is 0 Å². The van der Waals surface area contributed by atoms with E-state index < -0.39 is 0 Å². The fourth-order valence-electron chi connectivity index (χ4n) is 1.48. The molecule has 0 saturated carbocycles. The summed E-state index contributed by atoms with van der Waals surface area (Å²) in [4.78, 5) is 0. The number of aromatic amines is 1. The summed E-state index contributed by atoms with van der Waals surface area (Å²) < 4.78 is 6.16. The van der Waals surface area contributed by atoms with E-state index in [4.69, 9.17) is 4.74 Å². The van der Waals surface area contributed by atoms with Crippen LogP contribution in [0.3, 0.4) is 0 Å². The maximum Gasteiger partial charge on any atom is 0.133 e. The number of rotatable bonds is 4. The average Bonchev–Trinajstić information content (AvgIpc) is 2.79. The molecule has 0 bridgehead atoms. The molecule has 0 amide bonds. The van der Waals surface area contributed by atoms with Crippen LogP contribution in [0.5, 0.6) is 5.75 Å². The Balaban J connectivity index is 2.02. The van der Waals surface area contributed by atoms with Crippen molar-refractivity contribution in [3.8, 4) is 5.75 Å². The number of H-pyrrole nitrogens is 1. The molecule has 1 N–H and O–H groups in total. The number of methoxy groups -OCH3 is 1. The maximum atomic E-state index is 5.18. The minimum atomic E-state index is 0.852. The van der Waals surface area contributed by atoms with Gasteiger partial charge in [-0.25, -0.2) is 0 Å². The first-order valence-electron chi connectivity index (χ1n) is 4.96. The van der Waals surface area contributed by atoms with Crippen LogP contribution in [0.4, 0.5) is 0 Å². The van der Waals surface area contributed by atoms with Crippen molar-refractivity contribution in [2.75, 3.05) is 7.11 Å². The second-order valence-corrected chi connectivity index (χ2v) is 4.28. The second-order valence-electron chi connectivity index (χ2n) is 3.43. The molecule has 1 aromatic heterocycles. The molecule has 0 aliphatic carbocycles. The summed E-state index contributed by atoms with van der Waals surface area (Å²) in [5.74, 6) is 0.852. The van der Waals surface area contributed by atoms with E-state index in [1.807, 2.05) is 6.07 Å². The summed E-state index contributed by atoms with van der Waals surface area (Å²) >= 11 is 3.47. The zero-order valence-electron chi connectivity index (χ0n) is 8.90. The molecule has 1 heterocycles. The van der Waals surface area contributed by atoms with Gasteiger partial charge in [-0.15, -0.1) is 0 Å². The van der Waals surface area contributed by atoms with Crippen LogP contribution in [-0.4, -0.2) is 22.5 Å². The van der Waals surface area contributed by atoms with Gasteiger partial charge in [0, 0.05) is 0 Å². The van der Waals surface area contributed by atoms with Crippen molar-refractivity contribution in [1.82, 2.24) is 15.4 Å². The Labute approximate surface area is 102 Å². The molecule has 0 unspecified atom stereocenters. The zero-order chi connectivity index (χ0) is 11.4. The van der Waals surface area contributed by atoms with E-state index in [0.717, 1.165) is 28.8 Å². The summed E-state index contributed by atoms with van der Waals surface area (Å²) in [5.41, 5.74) is 2.22. The molecule has 2 rings (SSSR count). The van der Waals surface area contributed by atoms with Gasteiger partial charge in [-0.1, -0.05) is 6.07 Å². The molecule has 0 radical (unpaired) electrons. The first kappa shape index (κ1) is 11.1. The van der Waals surface area contributed by atoms with Crippen molar-refractivity contribution in [2.45, 2.75) is 12.8 Å². The normalized spacial score (nSPS) is 10.4. The van der Waals surface area contributed by atoms with Crippen molar-refractivity contribution in [3.63, 3.8) is 0 Å². The molecule has 0 saturated heterocycles. The first-order valence-corrected chi connectivity index (χ1v) is 5.76. The number of benzene rings is 1. The van der Waals surface area contributed by atoms with E-state index in [1.54, 1.807) is 13.3 Å². The number of nitrogens with zero attached hydrogens (tertiary/aromatic N) is 2. The minimum Gasteiger partial charge on any atom is -0.496 e. The highest BCUT2D eigenvalue weighted by atomic mass is 79.9. The van der Waals surface area contributed by atoms with Gasteiger partial charge < -0.3 is 4.74 Å². The Morgan fingerprint density at radius 2 is 2.25 bits per heavy atom. The Kier molecular flexibility index (Phi) is 3.56. The van der Waals surface area contributed by atoms with Gasteiger partial charge >= 0.3 is 0 Å². The van der Waals surface area contributed by atoms with Gasteiger partial charge in [-0.05, 0) is 46.5 Å². The number of ether oxygens (including phenoxy) is 1. The lowest BCUT2D eigenvalue weighted by Crippen LogP contribution is -1.93. The molecule has 1 aromatic carbocycles. The number of halogens is 1. The molecule has 16 heavy (non-hydrogen) atoms. The second kappa shape index (κ2) is 5.12. The molecule has 0 fully saturated rings. The monoisotopic (exact) mass is 281 g/mol. The van der Waals surface area contributed by atoms with Crippen LogP contribution in [0.25, 0.3) is 0 Å². The van der Waals surface area contributed by atoms with E-state index in [2.05, 4.69) is 43.5 Å². The van der Waals surface area contributed by atoms with Gasteiger partial charge in [0.25, 0.3) is 0 Å². The van der Waals surface area contributed by atoms with E-state index >= 15 is 0 Å². The predicted molar refractivity (Wildman–Crippen MR) is 64.5 cm³/mol. The Hall–Kier alpha value is -1.36. The number of aryl methyl sites for hydroxylation is 2. The number of hydrogen-bond acceptors (Lipinski definition) is 3. The van der Waals surface area contributed by atoms with Gasteiger partial charge in [-0.3, -0.25) is 0 Å². The lowest BCUT2D eigenvalue weighted by Gasteiger charge is -2.05. The summed E-state index contributed by atoms with van der Waals surface area (Å²) in [7, 11) is 1.66. The van der Waals surface area contributed by atoms with Crippen LogP contribution in [0.2, 0.25) is 0 Å². The van der Waals surface area contributed by atoms with Crippen LogP contribution in [-0.2, 0) is 12.8 Å². The van der Waals surface area contributed by atoms with E-state index in [-0.39, 0.29) is 0 Å². The third-order valence-corrected chi connectivity index (χ3v) is 2.97. The number of aromatic nitrogens is 3. The highest BCUT2D eigenvalue weighted by molar-refractivity contribution is 9.10. The maximum absolute atomic E-state index is 5.18. The van der Waals surface area contributed by atoms with Gasteiger partial charge in [0.2, 0.25) is 0 Å². The summed E-state index contributed by atoms with van der Waals surface area (Å²) in [6.45, 7) is 0. The topological polar surface area (TPSA) is 50.8 Å². The van der Waals surface area contributed by atoms with E-state index in [0.29, 0.717) is 0 Å². The van der Waals surface area contributed by atoms with E-state index in [9.17, 15) is 0 Å². The molecule has 0 atom stereocenters. The van der Waals surface area contributed by atoms with Gasteiger partial charge in [0.15, 0.2) is 0 Å². The largest absolute Gasteiger partial charge is 0.496 e. The van der Waals surface area contributed by atoms with Crippen molar-refractivity contribution in [3.05, 3.63) is 40.1 Å². The molecule has 0 spiro atoms. The van der Waals surface area contributed by atoms with Crippen LogP contribution in [0.1, 0.15) is 11.3 Å². The molecule has 0 aliphatic heterocycles. The van der Waals surface area contributed by atoms with Crippen LogP contribution in [0, 0.1) is 0 Å². The number of nitrogens with one attached hydrogen (secondary N) is 1. The van der Waals surface area contributed by atoms with Crippen molar-refractivity contribution in [2.24, 2.45) is 0 Å². The summed E-state index contributed by atoms with van der Waals surface area (Å²) in [6, 6.07) is 6.09. The lowest BCUT2D eigenvalue weighted by molar-refractivity contribution is 0.412. The fraction of sp³-hybridized carbons (Fsp3) is 0.273. The third kappa shape index (κ3) is 2.61. The third-order valence-electron chi connectivity index (χ3n) is 2.35. The highest BCUT2D eigenvalue weighted by Gasteiger charge is 2.02. The molecule has 2 aromatic rings. The van der Waals surface area contributed by atoms with Crippen molar-refractivity contribution < 1.29 is 4.74 Å². The van der Waals surface area contributed by atoms with Crippen molar-refractivity contribution >= 4 is 15.9 Å². The molecule has 0 aliphatic rings. The SMILES string of the molecule is COc1ccc(CCc2cn[nH]n2)cc1Br. The Morgan fingerprint density at radius 1 is 1.38 bits per heavy atom. The Bertz CT molecular complexity index is 456. The highest BCUT2D eigenvalue weighted by Crippen LogP contribution is 2.25. The predicted octanol–water partition coefficient (Wildman–Crippen LogP) is 2.36. The summed E-state index contributed by atoms with van der Waals surface area (Å²) in [6.07, 6.45) is 3.57. The standard InChI is InChI=1S/C11H12BrN3O/c1-16-11-5-3-8(6-10(11)12)2-4-9-7-13-15-14-9/h3,5-7H,2,4H2,1H3,(H,13,14,15). The molecular weight excluding hydrogens is 270 g/mol. The lowest BCUT2D eigenvalue weighted by atomic mass is 10.1. The van der Waals surface area contributed by atoms with Crippen LogP contribution < -0.4 is 4.74 Å². The first-order chi connectivity index (χ1) is 7.79. The summed E-state index contributed by atoms with van der Waals surface area (Å²) in [5, 5.41) is 10.4. The molecule has 4 nitrogen and oxygen atoms in total. The fourth-order valence-corrected chi connectivity index (χ4v) is 2.07. The average molecular weight is 282 g/mol. The smallest absolute Gasteiger partial charge is 0.133 e. The molecule has 84 valence electrons. The van der Waals surface area contributed by atoms with Gasteiger partial charge in [0.1, 0.15) is 5.75 Å². The Morgan fingerprint density at radius 3 is 2.88 bits per heavy atom.